The van der Waals surface area contributed by atoms with Crippen molar-refractivity contribution in [2.45, 2.75) is 36.1 Å². The van der Waals surface area contributed by atoms with Gasteiger partial charge in [0.1, 0.15) is 10.0 Å². The Morgan fingerprint density at radius 2 is 1.84 bits per heavy atom. The number of halogens is 1. The molecule has 1 fully saturated rings. The number of piperazine rings is 1. The zero-order valence-electron chi connectivity index (χ0n) is 18.1. The Kier molecular flexibility index (Phi) is 6.40. The van der Waals surface area contributed by atoms with Crippen molar-refractivity contribution in [2.24, 2.45) is 0 Å². The Morgan fingerprint density at radius 1 is 1.09 bits per heavy atom. The van der Waals surface area contributed by atoms with Crippen LogP contribution in [0.1, 0.15) is 25.0 Å². The van der Waals surface area contributed by atoms with E-state index in [4.69, 9.17) is 0 Å². The molecular formula is C24H27FN2O3S2. The van der Waals surface area contributed by atoms with Crippen LogP contribution < -0.4 is 4.90 Å². The number of hydrogen-bond donors (Lipinski definition) is 1. The molecule has 2 aromatic carbocycles. The van der Waals surface area contributed by atoms with Gasteiger partial charge in [0.15, 0.2) is 0 Å². The van der Waals surface area contributed by atoms with Gasteiger partial charge in [-0.25, -0.2) is 12.8 Å². The number of sulfonamides is 1. The highest BCUT2D eigenvalue weighted by molar-refractivity contribution is 7.91. The average Bonchev–Trinajstić information content (AvgIpc) is 3.29. The molecule has 0 radical (unpaired) electrons. The maximum Gasteiger partial charge on any atom is 0.252 e. The van der Waals surface area contributed by atoms with Crippen LogP contribution in [0.3, 0.4) is 0 Å². The fourth-order valence-electron chi connectivity index (χ4n) is 4.09. The minimum atomic E-state index is -3.57. The summed E-state index contributed by atoms with van der Waals surface area (Å²) >= 11 is 1.22. The Hall–Kier alpha value is -2.26. The number of anilines is 1. The van der Waals surface area contributed by atoms with E-state index in [1.807, 2.05) is 30.3 Å². The Bertz CT molecular complexity index is 1160. The number of aliphatic hydroxyl groups is 1. The van der Waals surface area contributed by atoms with Crippen molar-refractivity contribution in [3.05, 3.63) is 83.0 Å². The monoisotopic (exact) mass is 474 g/mol. The molecule has 5 nitrogen and oxygen atoms in total. The van der Waals surface area contributed by atoms with Gasteiger partial charge in [0.05, 0.1) is 5.60 Å². The lowest BCUT2D eigenvalue weighted by molar-refractivity contribution is 0.0786. The summed E-state index contributed by atoms with van der Waals surface area (Å²) in [4.78, 5) is 2.18. The van der Waals surface area contributed by atoms with E-state index >= 15 is 0 Å². The van der Waals surface area contributed by atoms with Gasteiger partial charge in [-0.05, 0) is 67.1 Å². The molecule has 0 aliphatic carbocycles. The Balaban J connectivity index is 1.63. The van der Waals surface area contributed by atoms with E-state index in [0.717, 1.165) is 16.8 Å². The van der Waals surface area contributed by atoms with E-state index < -0.39 is 15.6 Å². The van der Waals surface area contributed by atoms with Gasteiger partial charge >= 0.3 is 0 Å². The predicted molar refractivity (Wildman–Crippen MR) is 126 cm³/mol. The quantitative estimate of drug-likeness (QED) is 0.581. The van der Waals surface area contributed by atoms with Gasteiger partial charge in [-0.2, -0.15) is 4.31 Å². The van der Waals surface area contributed by atoms with E-state index in [2.05, 4.69) is 4.90 Å². The Labute approximate surface area is 192 Å². The van der Waals surface area contributed by atoms with Crippen LogP contribution in [-0.4, -0.2) is 43.5 Å². The minimum absolute atomic E-state index is 0.159. The average molecular weight is 475 g/mol. The molecule has 3 aromatic rings. The third kappa shape index (κ3) is 4.88. The summed E-state index contributed by atoms with van der Waals surface area (Å²) in [6.07, 6.45) is 0.515. The molecule has 0 bridgehead atoms. The van der Waals surface area contributed by atoms with Gasteiger partial charge < -0.3 is 10.0 Å². The molecule has 8 heteroatoms. The maximum atomic E-state index is 13.8. The van der Waals surface area contributed by atoms with Crippen LogP contribution in [0.4, 0.5) is 10.1 Å². The molecule has 0 saturated carbocycles. The number of hydrogen-bond acceptors (Lipinski definition) is 5. The molecular weight excluding hydrogens is 447 g/mol. The molecule has 1 saturated heterocycles. The fourth-order valence-corrected chi connectivity index (χ4v) is 6.71. The van der Waals surface area contributed by atoms with Gasteiger partial charge in [0.25, 0.3) is 10.0 Å². The van der Waals surface area contributed by atoms with Crippen LogP contribution in [0.2, 0.25) is 0 Å². The molecule has 4 rings (SSSR count). The second kappa shape index (κ2) is 8.94. The van der Waals surface area contributed by atoms with Crippen LogP contribution in [0.25, 0.3) is 0 Å². The van der Waals surface area contributed by atoms with E-state index in [-0.39, 0.29) is 11.9 Å². The first-order valence-corrected chi connectivity index (χ1v) is 12.8. The molecule has 1 aliphatic rings. The van der Waals surface area contributed by atoms with Gasteiger partial charge in [-0.1, -0.05) is 30.3 Å². The summed E-state index contributed by atoms with van der Waals surface area (Å²) in [6, 6.07) is 17.4. The lowest BCUT2D eigenvalue weighted by atomic mass is 9.97. The summed E-state index contributed by atoms with van der Waals surface area (Å²) in [5, 5.41) is 12.0. The highest BCUT2D eigenvalue weighted by Crippen LogP contribution is 2.29. The molecule has 0 spiro atoms. The molecule has 1 atom stereocenters. The molecule has 170 valence electrons. The normalized spacial score (nSPS) is 18.1. The van der Waals surface area contributed by atoms with Crippen molar-refractivity contribution >= 4 is 27.0 Å². The SMILES string of the molecule is CC(C)(O)c1ccc(N2CCN(S(=O)(=O)c3cccs3)C[C@@H]2Cc2cccc(F)c2)cc1. The number of thiophene rings is 1. The van der Waals surface area contributed by atoms with Crippen molar-refractivity contribution in [1.29, 1.82) is 0 Å². The van der Waals surface area contributed by atoms with E-state index in [1.54, 1.807) is 37.4 Å². The summed E-state index contributed by atoms with van der Waals surface area (Å²) < 4.78 is 41.9. The predicted octanol–water partition coefficient (Wildman–Crippen LogP) is 4.24. The first-order valence-electron chi connectivity index (χ1n) is 10.5. The zero-order valence-corrected chi connectivity index (χ0v) is 19.7. The van der Waals surface area contributed by atoms with Gasteiger partial charge in [0.2, 0.25) is 0 Å². The zero-order chi connectivity index (χ0) is 22.9. The van der Waals surface area contributed by atoms with Crippen LogP contribution in [0, 0.1) is 5.82 Å². The molecule has 1 N–H and O–H groups in total. The van der Waals surface area contributed by atoms with E-state index in [9.17, 15) is 17.9 Å². The third-order valence-electron chi connectivity index (χ3n) is 5.80. The highest BCUT2D eigenvalue weighted by Gasteiger charge is 2.35. The molecule has 32 heavy (non-hydrogen) atoms. The number of benzene rings is 2. The molecule has 1 aliphatic heterocycles. The third-order valence-corrected chi connectivity index (χ3v) is 9.04. The topological polar surface area (TPSA) is 60.9 Å². The standard InChI is InChI=1S/C24H27FN2O3S2/c1-24(2,28)19-8-10-21(11-9-19)27-13-12-26(32(29,30)23-7-4-14-31-23)17-22(27)16-18-5-3-6-20(25)15-18/h3-11,14-15,22,28H,12-13,16-17H2,1-2H3/t22-/m0/s1. The van der Waals surface area contributed by atoms with Crippen molar-refractivity contribution in [3.63, 3.8) is 0 Å². The van der Waals surface area contributed by atoms with Crippen LogP contribution in [0.15, 0.2) is 70.3 Å². The van der Waals surface area contributed by atoms with Crippen molar-refractivity contribution < 1.29 is 17.9 Å². The summed E-state index contributed by atoms with van der Waals surface area (Å²) in [7, 11) is -3.57. The summed E-state index contributed by atoms with van der Waals surface area (Å²) in [6.45, 7) is 4.68. The number of nitrogens with zero attached hydrogens (tertiary/aromatic N) is 2. The van der Waals surface area contributed by atoms with Crippen LogP contribution >= 0.6 is 11.3 Å². The molecule has 1 aromatic heterocycles. The first-order chi connectivity index (χ1) is 15.1. The summed E-state index contributed by atoms with van der Waals surface area (Å²) in [5.41, 5.74) is 1.64. The van der Waals surface area contributed by atoms with E-state index in [0.29, 0.717) is 30.3 Å². The van der Waals surface area contributed by atoms with Gasteiger partial charge in [-0.15, -0.1) is 11.3 Å². The second-order valence-electron chi connectivity index (χ2n) is 8.58. The van der Waals surface area contributed by atoms with Crippen LogP contribution in [0.5, 0.6) is 0 Å². The molecule has 0 amide bonds. The van der Waals surface area contributed by atoms with Crippen molar-refractivity contribution in [3.8, 4) is 0 Å². The molecule has 0 unspecified atom stereocenters. The largest absolute Gasteiger partial charge is 0.386 e. The lowest BCUT2D eigenvalue weighted by Gasteiger charge is -2.42. The van der Waals surface area contributed by atoms with Crippen LogP contribution in [-0.2, 0) is 22.0 Å². The van der Waals surface area contributed by atoms with Crippen molar-refractivity contribution in [1.82, 2.24) is 4.31 Å². The fraction of sp³-hybridized carbons (Fsp3) is 0.333. The summed E-state index contributed by atoms with van der Waals surface area (Å²) in [5.74, 6) is -0.303. The van der Waals surface area contributed by atoms with E-state index in [1.165, 1.54) is 27.8 Å². The number of rotatable bonds is 6. The molecule has 2 heterocycles. The first kappa shape index (κ1) is 22.9. The lowest BCUT2D eigenvalue weighted by Crippen LogP contribution is -2.55. The van der Waals surface area contributed by atoms with Gasteiger partial charge in [0, 0.05) is 31.4 Å². The smallest absolute Gasteiger partial charge is 0.252 e. The Morgan fingerprint density at radius 3 is 2.47 bits per heavy atom. The minimum Gasteiger partial charge on any atom is -0.386 e. The van der Waals surface area contributed by atoms with Crippen molar-refractivity contribution in [2.75, 3.05) is 24.5 Å². The highest BCUT2D eigenvalue weighted by atomic mass is 32.2. The second-order valence-corrected chi connectivity index (χ2v) is 11.7. The van der Waals surface area contributed by atoms with Gasteiger partial charge in [-0.3, -0.25) is 0 Å². The maximum absolute atomic E-state index is 13.8.